The van der Waals surface area contributed by atoms with Gasteiger partial charge in [0, 0.05) is 13.0 Å². The van der Waals surface area contributed by atoms with Crippen molar-refractivity contribution in [2.45, 2.75) is 25.3 Å². The van der Waals surface area contributed by atoms with Gasteiger partial charge in [-0.05, 0) is 53.1 Å². The molecule has 1 amide bonds. The maximum atomic E-state index is 12.8. The quantitative estimate of drug-likeness (QED) is 0.544. The average Bonchev–Trinajstić information content (AvgIpc) is 3.25. The molecule has 0 spiro atoms. The van der Waals surface area contributed by atoms with Crippen molar-refractivity contribution >= 4 is 5.91 Å². The lowest BCUT2D eigenvalue weighted by Crippen LogP contribution is -2.35. The first-order valence-corrected chi connectivity index (χ1v) is 9.15. The molecule has 2 aromatic carbocycles. The number of carbonyl (C=O) groups is 1. The van der Waals surface area contributed by atoms with E-state index in [0.29, 0.717) is 25.3 Å². The predicted octanol–water partition coefficient (Wildman–Crippen LogP) is 2.57. The summed E-state index contributed by atoms with van der Waals surface area (Å²) < 4.78 is 19.9. The van der Waals surface area contributed by atoms with Gasteiger partial charge in [0.05, 0.1) is 6.61 Å². The van der Waals surface area contributed by atoms with Gasteiger partial charge in [-0.1, -0.05) is 30.3 Å². The highest BCUT2D eigenvalue weighted by atomic mass is 19.1. The highest BCUT2D eigenvalue weighted by molar-refractivity contribution is 5.80. The lowest BCUT2D eigenvalue weighted by molar-refractivity contribution is -0.124. The summed E-state index contributed by atoms with van der Waals surface area (Å²) in [5.41, 5.74) is 1.03. The Hall–Kier alpha value is -3.29. The van der Waals surface area contributed by atoms with E-state index in [2.05, 4.69) is 20.8 Å². The largest absolute Gasteiger partial charge is 0.494 e. The zero-order valence-corrected chi connectivity index (χ0v) is 15.4. The Labute approximate surface area is 162 Å². The summed E-state index contributed by atoms with van der Waals surface area (Å²) in [5.74, 6) is 0.213. The monoisotopic (exact) mass is 383 g/mol. The zero-order chi connectivity index (χ0) is 19.6. The van der Waals surface area contributed by atoms with Crippen LogP contribution in [0.1, 0.15) is 24.4 Å². The van der Waals surface area contributed by atoms with Gasteiger partial charge in [-0.15, -0.1) is 5.10 Å². The minimum atomic E-state index is -0.507. The van der Waals surface area contributed by atoms with Crippen molar-refractivity contribution in [1.82, 2.24) is 25.5 Å². The minimum Gasteiger partial charge on any atom is -0.494 e. The van der Waals surface area contributed by atoms with Crippen molar-refractivity contribution in [3.63, 3.8) is 0 Å². The summed E-state index contributed by atoms with van der Waals surface area (Å²) in [7, 11) is 0. The first-order valence-electron chi connectivity index (χ1n) is 9.15. The van der Waals surface area contributed by atoms with E-state index >= 15 is 0 Å². The van der Waals surface area contributed by atoms with E-state index in [9.17, 15) is 9.18 Å². The molecule has 1 N–H and O–H groups in total. The molecule has 0 saturated heterocycles. The van der Waals surface area contributed by atoms with E-state index in [-0.39, 0.29) is 11.7 Å². The molecule has 1 atom stereocenters. The number of hydrogen-bond donors (Lipinski definition) is 1. The van der Waals surface area contributed by atoms with Gasteiger partial charge in [-0.3, -0.25) is 4.79 Å². The Morgan fingerprint density at radius 2 is 1.89 bits per heavy atom. The highest BCUT2D eigenvalue weighted by Crippen LogP contribution is 2.14. The van der Waals surface area contributed by atoms with Gasteiger partial charge in [0.2, 0.25) is 5.91 Å². The normalized spacial score (nSPS) is 11.8. The Morgan fingerprint density at radius 1 is 1.11 bits per heavy atom. The number of aromatic nitrogens is 4. The van der Waals surface area contributed by atoms with Gasteiger partial charge in [0.15, 0.2) is 0 Å². The molecule has 1 heterocycles. The first kappa shape index (κ1) is 19.5. The molecule has 3 aromatic rings. The van der Waals surface area contributed by atoms with Crippen molar-refractivity contribution < 1.29 is 13.9 Å². The van der Waals surface area contributed by atoms with E-state index in [1.807, 2.05) is 30.3 Å². The van der Waals surface area contributed by atoms with Crippen molar-refractivity contribution in [3.05, 3.63) is 72.3 Å². The molecule has 7 nitrogen and oxygen atoms in total. The molecule has 1 unspecified atom stereocenters. The third kappa shape index (κ3) is 5.87. The van der Waals surface area contributed by atoms with Crippen LogP contribution in [0, 0.1) is 5.82 Å². The van der Waals surface area contributed by atoms with Gasteiger partial charge in [-0.25, -0.2) is 9.07 Å². The number of rotatable bonds is 10. The SMILES string of the molecule is O=C(NCCCCOc1ccc(F)cc1)C(Cc1ccccc1)n1cnnn1. The van der Waals surface area contributed by atoms with Crippen LogP contribution in [-0.4, -0.2) is 39.3 Å². The number of nitrogens with one attached hydrogen (secondary N) is 1. The molecule has 0 fully saturated rings. The molecule has 0 aliphatic carbocycles. The molecule has 0 bridgehead atoms. The van der Waals surface area contributed by atoms with E-state index in [0.717, 1.165) is 18.4 Å². The summed E-state index contributed by atoms with van der Waals surface area (Å²) in [6.07, 6.45) is 3.49. The lowest BCUT2D eigenvalue weighted by Gasteiger charge is -2.16. The van der Waals surface area contributed by atoms with Crippen LogP contribution in [0.4, 0.5) is 4.39 Å². The molecule has 8 heteroatoms. The molecular weight excluding hydrogens is 361 g/mol. The van der Waals surface area contributed by atoms with Crippen LogP contribution in [0.15, 0.2) is 60.9 Å². The number of carbonyl (C=O) groups excluding carboxylic acids is 1. The third-order valence-electron chi connectivity index (χ3n) is 4.21. The molecule has 0 aliphatic heterocycles. The van der Waals surface area contributed by atoms with Crippen molar-refractivity contribution in [2.75, 3.05) is 13.2 Å². The number of nitrogens with zero attached hydrogens (tertiary/aromatic N) is 4. The van der Waals surface area contributed by atoms with Gasteiger partial charge in [0.25, 0.3) is 0 Å². The van der Waals surface area contributed by atoms with Gasteiger partial charge >= 0.3 is 0 Å². The maximum absolute atomic E-state index is 12.8. The van der Waals surface area contributed by atoms with Crippen molar-refractivity contribution in [3.8, 4) is 5.75 Å². The van der Waals surface area contributed by atoms with Crippen LogP contribution < -0.4 is 10.1 Å². The molecule has 0 radical (unpaired) electrons. The Morgan fingerprint density at radius 3 is 2.61 bits per heavy atom. The van der Waals surface area contributed by atoms with Crippen LogP contribution in [0.3, 0.4) is 0 Å². The second-order valence-electron chi connectivity index (χ2n) is 6.30. The average molecular weight is 383 g/mol. The van der Waals surface area contributed by atoms with E-state index in [1.54, 1.807) is 12.1 Å². The predicted molar refractivity (Wildman–Crippen MR) is 101 cm³/mol. The third-order valence-corrected chi connectivity index (χ3v) is 4.21. The summed E-state index contributed by atoms with van der Waals surface area (Å²) in [4.78, 5) is 12.6. The van der Waals surface area contributed by atoms with Gasteiger partial charge < -0.3 is 10.1 Å². The molecular formula is C20H22FN5O2. The van der Waals surface area contributed by atoms with E-state index in [1.165, 1.54) is 23.1 Å². The number of halogens is 1. The van der Waals surface area contributed by atoms with Crippen LogP contribution in [0.2, 0.25) is 0 Å². The lowest BCUT2D eigenvalue weighted by atomic mass is 10.1. The number of hydrogen-bond acceptors (Lipinski definition) is 5. The molecule has 0 saturated carbocycles. The second kappa shape index (κ2) is 10.1. The van der Waals surface area contributed by atoms with Crippen LogP contribution in [0.5, 0.6) is 5.75 Å². The number of unbranched alkanes of at least 4 members (excludes halogenated alkanes) is 1. The Kier molecular flexibility index (Phi) is 7.06. The molecule has 146 valence electrons. The minimum absolute atomic E-state index is 0.129. The van der Waals surface area contributed by atoms with Crippen LogP contribution in [-0.2, 0) is 11.2 Å². The number of ether oxygens (including phenoxy) is 1. The zero-order valence-electron chi connectivity index (χ0n) is 15.4. The topological polar surface area (TPSA) is 81.9 Å². The maximum Gasteiger partial charge on any atom is 0.245 e. The first-order chi connectivity index (χ1) is 13.7. The van der Waals surface area contributed by atoms with Crippen molar-refractivity contribution in [2.24, 2.45) is 0 Å². The molecule has 28 heavy (non-hydrogen) atoms. The fourth-order valence-electron chi connectivity index (χ4n) is 2.73. The molecule has 3 rings (SSSR count). The smallest absolute Gasteiger partial charge is 0.245 e. The standard InChI is InChI=1S/C20H22FN5O2/c21-17-8-10-18(11-9-17)28-13-5-4-12-22-20(27)19(26-15-23-24-25-26)14-16-6-2-1-3-7-16/h1-3,6-11,15,19H,4-5,12-14H2,(H,22,27). The summed E-state index contributed by atoms with van der Waals surface area (Å²) in [5, 5.41) is 14.1. The fraction of sp³-hybridized carbons (Fsp3) is 0.300. The summed E-state index contributed by atoms with van der Waals surface area (Å²) in [6.45, 7) is 1.03. The highest BCUT2D eigenvalue weighted by Gasteiger charge is 2.21. The Balaban J connectivity index is 1.43. The van der Waals surface area contributed by atoms with E-state index in [4.69, 9.17) is 4.74 Å². The second-order valence-corrected chi connectivity index (χ2v) is 6.30. The molecule has 0 aliphatic rings. The number of tetrazole rings is 1. The number of amides is 1. The van der Waals surface area contributed by atoms with Crippen molar-refractivity contribution in [1.29, 1.82) is 0 Å². The van der Waals surface area contributed by atoms with Crippen LogP contribution >= 0.6 is 0 Å². The fourth-order valence-corrected chi connectivity index (χ4v) is 2.73. The van der Waals surface area contributed by atoms with Gasteiger partial charge in [-0.2, -0.15) is 0 Å². The summed E-state index contributed by atoms with van der Waals surface area (Å²) in [6, 6.07) is 15.2. The number of benzene rings is 2. The van der Waals surface area contributed by atoms with Crippen LogP contribution in [0.25, 0.3) is 0 Å². The van der Waals surface area contributed by atoms with Gasteiger partial charge in [0.1, 0.15) is 23.9 Å². The summed E-state index contributed by atoms with van der Waals surface area (Å²) >= 11 is 0. The van der Waals surface area contributed by atoms with E-state index < -0.39 is 6.04 Å². The molecule has 1 aromatic heterocycles. The Bertz CT molecular complexity index is 841.